The molecule has 1 aromatic carbocycles. The zero-order valence-electron chi connectivity index (χ0n) is 18.4. The second kappa shape index (κ2) is 10.9. The highest BCUT2D eigenvalue weighted by Crippen LogP contribution is 2.31. The van der Waals surface area contributed by atoms with E-state index in [2.05, 4.69) is 36.1 Å². The Hall–Kier alpha value is -2.16. The van der Waals surface area contributed by atoms with Crippen LogP contribution in [0.15, 0.2) is 77.1 Å². The maximum Gasteiger partial charge on any atom is 0.200 e. The Labute approximate surface area is 188 Å². The van der Waals surface area contributed by atoms with E-state index in [-0.39, 0.29) is 0 Å². The highest BCUT2D eigenvalue weighted by atomic mass is 31.1. The number of benzene rings is 1. The molecule has 0 saturated carbocycles. The topological polar surface area (TPSA) is 45.5 Å². The third kappa shape index (κ3) is 6.18. The maximum absolute atomic E-state index is 8.21. The van der Waals surface area contributed by atoms with E-state index in [0.29, 0.717) is 26.9 Å². The summed E-state index contributed by atoms with van der Waals surface area (Å²) in [5.41, 5.74) is 5.69. The summed E-state index contributed by atoms with van der Waals surface area (Å²) >= 11 is 0. The summed E-state index contributed by atoms with van der Waals surface area (Å²) in [5, 5.41) is 8.21. The zero-order chi connectivity index (χ0) is 21.5. The Balaban J connectivity index is 1.30. The van der Waals surface area contributed by atoms with Crippen molar-refractivity contribution < 1.29 is 9.47 Å². The average Bonchev–Trinajstić information content (AvgIpc) is 2.99. The number of rotatable bonds is 7. The highest BCUT2D eigenvalue weighted by molar-refractivity contribution is 7.57. The van der Waals surface area contributed by atoms with E-state index in [4.69, 9.17) is 14.9 Å². The first-order chi connectivity index (χ1) is 15.2. The van der Waals surface area contributed by atoms with E-state index < -0.39 is 0 Å². The SMILES string of the molecule is CC(C1=CCC=C2CCOC2=C1)N1CCCC=C(CPC(=N)OCc2ccccc2)C1. The number of nitrogens with one attached hydrogen (secondary N) is 1. The van der Waals surface area contributed by atoms with Gasteiger partial charge in [0.1, 0.15) is 12.4 Å². The first kappa shape index (κ1) is 22.0. The van der Waals surface area contributed by atoms with Crippen LogP contribution in [0.4, 0.5) is 0 Å². The van der Waals surface area contributed by atoms with Gasteiger partial charge in [0.15, 0.2) is 5.64 Å². The van der Waals surface area contributed by atoms with Gasteiger partial charge < -0.3 is 9.47 Å². The van der Waals surface area contributed by atoms with Gasteiger partial charge in [-0.15, -0.1) is 0 Å². The second-order valence-electron chi connectivity index (χ2n) is 8.38. The average molecular weight is 437 g/mol. The predicted octanol–water partition coefficient (Wildman–Crippen LogP) is 5.79. The fraction of sp³-hybridized carbons (Fsp3) is 0.423. The molecular formula is C26H33N2O2P. The fourth-order valence-corrected chi connectivity index (χ4v) is 5.13. The van der Waals surface area contributed by atoms with Crippen LogP contribution in [0.2, 0.25) is 0 Å². The Morgan fingerprint density at radius 2 is 2.10 bits per heavy atom. The minimum Gasteiger partial charge on any atom is -0.493 e. The van der Waals surface area contributed by atoms with Crippen LogP contribution >= 0.6 is 8.58 Å². The Morgan fingerprint density at radius 1 is 1.23 bits per heavy atom. The van der Waals surface area contributed by atoms with Crippen molar-refractivity contribution in [2.45, 2.75) is 45.3 Å². The van der Waals surface area contributed by atoms with Crippen LogP contribution < -0.4 is 0 Å². The standard InChI is InChI=1S/C26H33N2O2P/c1-20(24-12-7-11-23-13-15-29-25(23)16-24)28-14-6-5-10-22(17-28)19-31-26(27)30-18-21-8-3-2-4-9-21/h2-4,8-12,16,20,27,31H,5-7,13-15,17-19H2,1H3. The summed E-state index contributed by atoms with van der Waals surface area (Å²) in [6, 6.07) is 10.5. The molecule has 0 aromatic heterocycles. The van der Waals surface area contributed by atoms with Gasteiger partial charge in [0.05, 0.1) is 6.61 Å². The number of hydrogen-bond acceptors (Lipinski definition) is 4. The summed E-state index contributed by atoms with van der Waals surface area (Å²) in [6.07, 6.45) is 14.6. The molecule has 2 atom stereocenters. The highest BCUT2D eigenvalue weighted by Gasteiger charge is 2.23. The van der Waals surface area contributed by atoms with Gasteiger partial charge in [-0.25, -0.2) is 0 Å². The van der Waals surface area contributed by atoms with E-state index >= 15 is 0 Å². The van der Waals surface area contributed by atoms with E-state index in [0.717, 1.165) is 56.4 Å². The van der Waals surface area contributed by atoms with Crippen LogP contribution in [0.1, 0.15) is 38.2 Å². The molecule has 4 nitrogen and oxygen atoms in total. The van der Waals surface area contributed by atoms with Crippen molar-refractivity contribution in [3.05, 3.63) is 82.7 Å². The van der Waals surface area contributed by atoms with E-state index in [1.807, 2.05) is 30.3 Å². The van der Waals surface area contributed by atoms with E-state index in [9.17, 15) is 0 Å². The normalized spacial score (nSPS) is 20.5. The van der Waals surface area contributed by atoms with Crippen LogP contribution in [0.3, 0.4) is 0 Å². The molecule has 1 fully saturated rings. The van der Waals surface area contributed by atoms with Crippen molar-refractivity contribution in [2.75, 3.05) is 25.9 Å². The third-order valence-corrected chi connectivity index (χ3v) is 7.28. The van der Waals surface area contributed by atoms with Crippen LogP contribution in [-0.4, -0.2) is 42.4 Å². The van der Waals surface area contributed by atoms with Crippen LogP contribution in [0.25, 0.3) is 0 Å². The molecular weight excluding hydrogens is 403 g/mol. The van der Waals surface area contributed by atoms with Crippen molar-refractivity contribution in [3.63, 3.8) is 0 Å². The van der Waals surface area contributed by atoms with Crippen molar-refractivity contribution in [3.8, 4) is 0 Å². The molecule has 0 radical (unpaired) electrons. The predicted molar refractivity (Wildman–Crippen MR) is 130 cm³/mol. The smallest absolute Gasteiger partial charge is 0.200 e. The van der Waals surface area contributed by atoms with Crippen LogP contribution in [0, 0.1) is 5.41 Å². The Morgan fingerprint density at radius 3 is 2.97 bits per heavy atom. The largest absolute Gasteiger partial charge is 0.493 e. The molecule has 2 heterocycles. The summed E-state index contributed by atoms with van der Waals surface area (Å²) in [6.45, 7) is 5.69. The number of ether oxygens (including phenoxy) is 2. The van der Waals surface area contributed by atoms with Gasteiger partial charge in [-0.1, -0.05) is 54.1 Å². The molecule has 2 unspecified atom stereocenters. The quantitative estimate of drug-likeness (QED) is 0.255. The lowest BCUT2D eigenvalue weighted by molar-refractivity contribution is 0.252. The summed E-state index contributed by atoms with van der Waals surface area (Å²) in [7, 11) is 0.386. The van der Waals surface area contributed by atoms with Gasteiger partial charge in [0, 0.05) is 19.0 Å². The minimum absolute atomic E-state index is 0.364. The van der Waals surface area contributed by atoms with Gasteiger partial charge in [0.2, 0.25) is 0 Å². The van der Waals surface area contributed by atoms with Gasteiger partial charge in [-0.3, -0.25) is 10.3 Å². The molecule has 0 amide bonds. The molecule has 2 aliphatic heterocycles. The first-order valence-electron chi connectivity index (χ1n) is 11.3. The van der Waals surface area contributed by atoms with Crippen molar-refractivity contribution in [1.29, 1.82) is 5.41 Å². The first-order valence-corrected chi connectivity index (χ1v) is 12.5. The minimum atomic E-state index is 0.364. The van der Waals surface area contributed by atoms with Crippen molar-refractivity contribution >= 4 is 14.2 Å². The maximum atomic E-state index is 8.21. The summed E-state index contributed by atoms with van der Waals surface area (Å²) in [4.78, 5) is 2.58. The molecule has 3 aliphatic rings. The van der Waals surface area contributed by atoms with Gasteiger partial charge in [-0.05, 0) is 70.3 Å². The molecule has 164 valence electrons. The summed E-state index contributed by atoms with van der Waals surface area (Å²) < 4.78 is 11.5. The lowest BCUT2D eigenvalue weighted by Crippen LogP contribution is -2.36. The lowest BCUT2D eigenvalue weighted by Gasteiger charge is -2.30. The molecule has 31 heavy (non-hydrogen) atoms. The number of hydrogen-bond donors (Lipinski definition) is 1. The number of allylic oxidation sites excluding steroid dienone is 4. The lowest BCUT2D eigenvalue weighted by atomic mass is 10.0. The zero-order valence-corrected chi connectivity index (χ0v) is 19.4. The van der Waals surface area contributed by atoms with Crippen molar-refractivity contribution in [1.82, 2.24) is 4.90 Å². The summed E-state index contributed by atoms with van der Waals surface area (Å²) in [5.74, 6) is 1.08. The van der Waals surface area contributed by atoms with Gasteiger partial charge in [-0.2, -0.15) is 0 Å². The van der Waals surface area contributed by atoms with Crippen molar-refractivity contribution in [2.24, 2.45) is 0 Å². The molecule has 5 heteroatoms. The molecule has 0 spiro atoms. The fourth-order valence-electron chi connectivity index (χ4n) is 4.31. The van der Waals surface area contributed by atoms with Crippen LogP contribution in [-0.2, 0) is 16.1 Å². The van der Waals surface area contributed by atoms with E-state index in [1.54, 1.807) is 0 Å². The Kier molecular flexibility index (Phi) is 7.77. The molecule has 0 bridgehead atoms. The molecule has 1 N–H and O–H groups in total. The molecule has 4 rings (SSSR count). The molecule has 1 aromatic rings. The van der Waals surface area contributed by atoms with Gasteiger partial charge >= 0.3 is 0 Å². The third-order valence-electron chi connectivity index (χ3n) is 6.18. The molecule has 1 saturated heterocycles. The molecule has 1 aliphatic carbocycles. The number of fused-ring (bicyclic) bond motifs is 1. The second-order valence-corrected chi connectivity index (χ2v) is 9.55. The Bertz CT molecular complexity index is 901. The monoisotopic (exact) mass is 436 g/mol. The number of nitrogens with zero attached hydrogens (tertiary/aromatic N) is 1. The van der Waals surface area contributed by atoms with Gasteiger partial charge in [0.25, 0.3) is 0 Å². The van der Waals surface area contributed by atoms with Crippen LogP contribution in [0.5, 0.6) is 0 Å². The van der Waals surface area contributed by atoms with E-state index in [1.165, 1.54) is 23.1 Å².